The monoisotopic (exact) mass is 813 g/mol. The highest BCUT2D eigenvalue weighted by Crippen LogP contribution is 2.43. The van der Waals surface area contributed by atoms with Crippen LogP contribution in [0.2, 0.25) is 0 Å². The smallest absolute Gasteiger partial charge is 0.165 e. The van der Waals surface area contributed by atoms with E-state index >= 15 is 0 Å². The molecule has 0 amide bonds. The molecule has 0 spiro atoms. The van der Waals surface area contributed by atoms with Gasteiger partial charge in [-0.05, 0) is 47.2 Å². The van der Waals surface area contributed by atoms with Crippen LogP contribution in [0, 0.1) is 0 Å². The predicted octanol–water partition coefficient (Wildman–Crippen LogP) is 14.9. The van der Waals surface area contributed by atoms with Crippen LogP contribution < -0.4 is 0 Å². The Balaban J connectivity index is 1.08. The first-order valence-electron chi connectivity index (χ1n) is 20.3. The molecule has 0 aliphatic rings. The molecule has 13 rings (SSSR count). The lowest BCUT2D eigenvalue weighted by atomic mass is 10.00. The third kappa shape index (κ3) is 5.31. The normalized spacial score (nSPS) is 11.9. The molecule has 0 saturated heterocycles. The number of imidazole rings is 1. The first-order chi connectivity index (χ1) is 30.2. The minimum absolute atomic E-state index is 0.610. The van der Waals surface area contributed by atoms with Crippen LogP contribution in [-0.2, 0) is 0 Å². The van der Waals surface area contributed by atoms with Gasteiger partial charge >= 0.3 is 0 Å². The number of thiophene rings is 2. The van der Waals surface area contributed by atoms with E-state index in [1.54, 1.807) is 22.7 Å². The van der Waals surface area contributed by atoms with Crippen molar-refractivity contribution in [3.05, 3.63) is 188 Å². The summed E-state index contributed by atoms with van der Waals surface area (Å²) in [6.45, 7) is 0. The summed E-state index contributed by atoms with van der Waals surface area (Å²) in [5.74, 6) is 2.78. The minimum Gasteiger partial charge on any atom is -0.292 e. The summed E-state index contributed by atoms with van der Waals surface area (Å²) in [6, 6.07) is 66.5. The average molecular weight is 814 g/mol. The number of nitrogens with zero attached hydrogens (tertiary/aromatic N) is 5. The zero-order chi connectivity index (χ0) is 40.0. The lowest BCUT2D eigenvalue weighted by Gasteiger charge is -2.14. The van der Waals surface area contributed by atoms with E-state index < -0.39 is 0 Å². The second-order valence-electron chi connectivity index (χ2n) is 15.3. The van der Waals surface area contributed by atoms with Crippen molar-refractivity contribution in [3.8, 4) is 51.2 Å². The lowest BCUT2D eigenvalue weighted by Crippen LogP contribution is -2.02. The maximum absolute atomic E-state index is 5.47. The first kappa shape index (κ1) is 34.3. The van der Waals surface area contributed by atoms with E-state index in [0.717, 1.165) is 65.0 Å². The van der Waals surface area contributed by atoms with Crippen molar-refractivity contribution in [2.45, 2.75) is 0 Å². The lowest BCUT2D eigenvalue weighted by molar-refractivity contribution is 1.07. The highest BCUT2D eigenvalue weighted by molar-refractivity contribution is 7.26. The number of aromatic nitrogens is 5. The SMILES string of the molecule is c1ccc(-c2nc3c4ccccc4c4ccccc4c3n2-c2cccc(-c3nc(-c4cccc5c4sc4ccccc45)nc(-c4cccc5c4sc4ccccc45)n3)c2)cc1. The summed E-state index contributed by atoms with van der Waals surface area (Å²) in [6.07, 6.45) is 0. The summed E-state index contributed by atoms with van der Waals surface area (Å²) in [5, 5.41) is 9.55. The van der Waals surface area contributed by atoms with Crippen LogP contribution >= 0.6 is 22.7 Å². The van der Waals surface area contributed by atoms with Gasteiger partial charge in [-0.3, -0.25) is 4.57 Å². The van der Waals surface area contributed by atoms with Crippen molar-refractivity contribution in [1.82, 2.24) is 24.5 Å². The summed E-state index contributed by atoms with van der Waals surface area (Å²) >= 11 is 3.57. The molecule has 9 aromatic carbocycles. The van der Waals surface area contributed by atoms with Gasteiger partial charge in [-0.15, -0.1) is 22.7 Å². The van der Waals surface area contributed by atoms with Gasteiger partial charge in [0.2, 0.25) is 0 Å². The molecule has 284 valence electrons. The van der Waals surface area contributed by atoms with Gasteiger partial charge in [0.05, 0.1) is 11.0 Å². The van der Waals surface area contributed by atoms with Crippen LogP contribution in [-0.4, -0.2) is 24.5 Å². The maximum Gasteiger partial charge on any atom is 0.165 e. The second kappa shape index (κ2) is 13.5. The van der Waals surface area contributed by atoms with Gasteiger partial charge in [-0.2, -0.15) is 0 Å². The van der Waals surface area contributed by atoms with Crippen LogP contribution in [0.5, 0.6) is 0 Å². The van der Waals surface area contributed by atoms with Gasteiger partial charge in [0.15, 0.2) is 17.5 Å². The number of hydrogen-bond donors (Lipinski definition) is 0. The third-order valence-corrected chi connectivity index (χ3v) is 14.3. The molecular weight excluding hydrogens is 783 g/mol. The van der Waals surface area contributed by atoms with E-state index in [-0.39, 0.29) is 0 Å². The van der Waals surface area contributed by atoms with Crippen molar-refractivity contribution in [2.75, 3.05) is 0 Å². The van der Waals surface area contributed by atoms with Gasteiger partial charge in [-0.1, -0.05) is 152 Å². The molecule has 7 heteroatoms. The van der Waals surface area contributed by atoms with Crippen LogP contribution in [0.1, 0.15) is 0 Å². The largest absolute Gasteiger partial charge is 0.292 e. The number of benzene rings is 9. The molecule has 13 aromatic rings. The summed E-state index contributed by atoms with van der Waals surface area (Å²) in [5.41, 5.74) is 6.92. The molecule has 0 N–H and O–H groups in total. The highest BCUT2D eigenvalue weighted by atomic mass is 32.1. The number of rotatable bonds is 5. The van der Waals surface area contributed by atoms with Gasteiger partial charge < -0.3 is 0 Å². The van der Waals surface area contributed by atoms with E-state index in [1.807, 2.05) is 0 Å². The van der Waals surface area contributed by atoms with E-state index in [4.69, 9.17) is 19.9 Å². The molecule has 0 aliphatic carbocycles. The summed E-state index contributed by atoms with van der Waals surface area (Å²) in [7, 11) is 0. The standard InChI is InChI=1S/C54H31N5S2/c1-2-15-32(16-3-1)54-55-47-39-23-6-4-19-35(39)36-20-5-7-24-40(36)48(47)59(54)34-18-12-17-33(31-34)51-56-52(43-27-13-25-41-37-21-8-10-29-45(37)60-49(41)43)58-53(57-51)44-28-14-26-42-38-22-9-11-30-46(38)61-50(42)44/h1-31H. The molecule has 61 heavy (non-hydrogen) atoms. The van der Waals surface area contributed by atoms with Crippen LogP contribution in [0.15, 0.2) is 188 Å². The zero-order valence-electron chi connectivity index (χ0n) is 32.5. The van der Waals surface area contributed by atoms with E-state index in [1.165, 1.54) is 41.7 Å². The van der Waals surface area contributed by atoms with E-state index in [9.17, 15) is 0 Å². The van der Waals surface area contributed by atoms with Crippen molar-refractivity contribution < 1.29 is 0 Å². The Hall–Kier alpha value is -7.58. The van der Waals surface area contributed by atoms with Crippen molar-refractivity contribution >= 4 is 95.6 Å². The van der Waals surface area contributed by atoms with Crippen LogP contribution in [0.25, 0.3) is 124 Å². The van der Waals surface area contributed by atoms with Gasteiger partial charge in [0.1, 0.15) is 5.82 Å². The highest BCUT2D eigenvalue weighted by Gasteiger charge is 2.22. The van der Waals surface area contributed by atoms with Gasteiger partial charge in [0.25, 0.3) is 0 Å². The minimum atomic E-state index is 0.610. The fraction of sp³-hybridized carbons (Fsp3) is 0. The van der Waals surface area contributed by atoms with E-state index in [0.29, 0.717) is 17.5 Å². The Kier molecular flexibility index (Phi) is 7.58. The Labute approximate surface area is 357 Å². The van der Waals surface area contributed by atoms with Crippen molar-refractivity contribution in [1.29, 1.82) is 0 Å². The Morgan fingerprint density at radius 1 is 0.344 bits per heavy atom. The number of hydrogen-bond acceptors (Lipinski definition) is 6. The van der Waals surface area contributed by atoms with Crippen LogP contribution in [0.3, 0.4) is 0 Å². The van der Waals surface area contributed by atoms with Crippen molar-refractivity contribution in [2.24, 2.45) is 0 Å². The molecule has 0 aliphatic heterocycles. The Morgan fingerprint density at radius 3 is 1.46 bits per heavy atom. The molecule has 0 unspecified atom stereocenters. The fourth-order valence-corrected chi connectivity index (χ4v) is 11.5. The molecule has 0 fully saturated rings. The number of fused-ring (bicyclic) bond motifs is 12. The molecule has 5 nitrogen and oxygen atoms in total. The quantitative estimate of drug-likeness (QED) is 0.162. The molecule has 0 radical (unpaired) electrons. The molecule has 0 atom stereocenters. The van der Waals surface area contributed by atoms with Gasteiger partial charge in [0, 0.05) is 79.1 Å². The molecule has 4 aromatic heterocycles. The molecular formula is C54H31N5S2. The topological polar surface area (TPSA) is 56.5 Å². The molecule has 4 heterocycles. The summed E-state index contributed by atoms with van der Waals surface area (Å²) in [4.78, 5) is 21.5. The van der Waals surface area contributed by atoms with Crippen molar-refractivity contribution in [3.63, 3.8) is 0 Å². The molecule has 0 bridgehead atoms. The summed E-state index contributed by atoms with van der Waals surface area (Å²) < 4.78 is 7.13. The van der Waals surface area contributed by atoms with Gasteiger partial charge in [-0.25, -0.2) is 19.9 Å². The molecule has 0 saturated carbocycles. The van der Waals surface area contributed by atoms with Crippen LogP contribution in [0.4, 0.5) is 0 Å². The van der Waals surface area contributed by atoms with E-state index in [2.05, 4.69) is 193 Å². The fourth-order valence-electron chi connectivity index (χ4n) is 9.11. The predicted molar refractivity (Wildman–Crippen MR) is 257 cm³/mol. The first-order valence-corrected chi connectivity index (χ1v) is 21.9. The Morgan fingerprint density at radius 2 is 0.820 bits per heavy atom. The zero-order valence-corrected chi connectivity index (χ0v) is 34.1. The third-order valence-electron chi connectivity index (χ3n) is 11.9. The maximum atomic E-state index is 5.47. The average Bonchev–Trinajstić information content (AvgIpc) is 4.04. The Bertz CT molecular complexity index is 3770. The second-order valence-corrected chi connectivity index (χ2v) is 17.4.